The summed E-state index contributed by atoms with van der Waals surface area (Å²) >= 11 is 6.08. The van der Waals surface area contributed by atoms with Crippen LogP contribution in [0.2, 0.25) is 5.02 Å². The molecule has 0 radical (unpaired) electrons. The quantitative estimate of drug-likeness (QED) is 0.718. The Kier molecular flexibility index (Phi) is 3.14. The lowest BCUT2D eigenvalue weighted by Gasteiger charge is -2.26. The highest BCUT2D eigenvalue weighted by molar-refractivity contribution is 6.31. The van der Waals surface area contributed by atoms with E-state index >= 15 is 0 Å². The predicted octanol–water partition coefficient (Wildman–Crippen LogP) is 0.898. The molecule has 0 spiro atoms. The highest BCUT2D eigenvalue weighted by Gasteiger charge is 2.26. The smallest absolute Gasteiger partial charge is 0.321 e. The number of carbonyl (C=O) groups is 1. The SMILES string of the molecule is NCc1ccc(Cl)c2c1CNC(C(=O)O)C2. The first-order chi connectivity index (χ1) is 7.63. The molecule has 2 rings (SSSR count). The molecule has 0 aliphatic carbocycles. The number of hydrogen-bond acceptors (Lipinski definition) is 3. The van der Waals surface area contributed by atoms with Crippen molar-refractivity contribution < 1.29 is 9.90 Å². The van der Waals surface area contributed by atoms with Crippen LogP contribution in [0.15, 0.2) is 12.1 Å². The summed E-state index contributed by atoms with van der Waals surface area (Å²) in [6.07, 6.45) is 0.414. The maximum atomic E-state index is 10.9. The molecule has 1 aromatic rings. The molecule has 0 fully saturated rings. The maximum Gasteiger partial charge on any atom is 0.321 e. The first-order valence-corrected chi connectivity index (χ1v) is 5.46. The zero-order chi connectivity index (χ0) is 11.7. The zero-order valence-electron chi connectivity index (χ0n) is 8.66. The van der Waals surface area contributed by atoms with Crippen LogP contribution in [0.5, 0.6) is 0 Å². The molecule has 1 unspecified atom stereocenters. The second kappa shape index (κ2) is 4.41. The Morgan fingerprint density at radius 2 is 2.31 bits per heavy atom. The molecule has 86 valence electrons. The van der Waals surface area contributed by atoms with Gasteiger partial charge in [0.1, 0.15) is 6.04 Å². The Balaban J connectivity index is 2.41. The number of nitrogens with one attached hydrogen (secondary N) is 1. The Bertz CT molecular complexity index is 434. The number of fused-ring (bicyclic) bond motifs is 1. The van der Waals surface area contributed by atoms with E-state index in [1.165, 1.54) is 0 Å². The number of carboxylic acids is 1. The summed E-state index contributed by atoms with van der Waals surface area (Å²) in [5, 5.41) is 12.5. The van der Waals surface area contributed by atoms with Gasteiger partial charge >= 0.3 is 5.97 Å². The van der Waals surface area contributed by atoms with Crippen molar-refractivity contribution in [1.29, 1.82) is 0 Å². The fourth-order valence-corrected chi connectivity index (χ4v) is 2.28. The second-order valence-corrected chi connectivity index (χ2v) is 4.25. The van der Waals surface area contributed by atoms with E-state index in [0.29, 0.717) is 24.5 Å². The van der Waals surface area contributed by atoms with Crippen molar-refractivity contribution in [3.8, 4) is 0 Å². The molecule has 1 atom stereocenters. The Morgan fingerprint density at radius 1 is 1.56 bits per heavy atom. The van der Waals surface area contributed by atoms with Crippen molar-refractivity contribution in [2.24, 2.45) is 5.73 Å². The maximum absolute atomic E-state index is 10.9. The highest BCUT2D eigenvalue weighted by Crippen LogP contribution is 2.27. The van der Waals surface area contributed by atoms with E-state index in [0.717, 1.165) is 16.7 Å². The van der Waals surface area contributed by atoms with Gasteiger partial charge in [-0.05, 0) is 22.8 Å². The average Bonchev–Trinajstić information content (AvgIpc) is 2.29. The summed E-state index contributed by atoms with van der Waals surface area (Å²) in [7, 11) is 0. The molecule has 1 aliphatic heterocycles. The lowest BCUT2D eigenvalue weighted by Crippen LogP contribution is -2.42. The lowest BCUT2D eigenvalue weighted by atomic mass is 9.92. The summed E-state index contributed by atoms with van der Waals surface area (Å²) in [6.45, 7) is 0.957. The van der Waals surface area contributed by atoms with Gasteiger partial charge in [0.25, 0.3) is 0 Å². The Labute approximate surface area is 98.4 Å². The van der Waals surface area contributed by atoms with Gasteiger partial charge in [-0.3, -0.25) is 10.1 Å². The molecule has 5 heteroatoms. The number of aliphatic carboxylic acids is 1. The van der Waals surface area contributed by atoms with Crippen LogP contribution in [0, 0.1) is 0 Å². The van der Waals surface area contributed by atoms with Gasteiger partial charge in [0.2, 0.25) is 0 Å². The van der Waals surface area contributed by atoms with Crippen LogP contribution in [-0.4, -0.2) is 17.1 Å². The zero-order valence-corrected chi connectivity index (χ0v) is 9.42. The van der Waals surface area contributed by atoms with E-state index in [1.54, 1.807) is 6.07 Å². The van der Waals surface area contributed by atoms with Gasteiger partial charge < -0.3 is 10.8 Å². The molecule has 0 amide bonds. The molecule has 0 bridgehead atoms. The van der Waals surface area contributed by atoms with Crippen molar-refractivity contribution in [2.45, 2.75) is 25.6 Å². The average molecular weight is 241 g/mol. The molecular formula is C11H13ClN2O2. The van der Waals surface area contributed by atoms with Crippen molar-refractivity contribution in [3.63, 3.8) is 0 Å². The van der Waals surface area contributed by atoms with Crippen LogP contribution in [0.1, 0.15) is 16.7 Å². The minimum Gasteiger partial charge on any atom is -0.480 e. The number of nitrogens with two attached hydrogens (primary N) is 1. The number of carboxylic acid groups (broad SMARTS) is 1. The van der Waals surface area contributed by atoms with Crippen molar-refractivity contribution in [2.75, 3.05) is 0 Å². The van der Waals surface area contributed by atoms with E-state index in [-0.39, 0.29) is 0 Å². The molecule has 1 aliphatic rings. The van der Waals surface area contributed by atoms with Gasteiger partial charge in [-0.25, -0.2) is 0 Å². The van der Waals surface area contributed by atoms with E-state index < -0.39 is 12.0 Å². The fraction of sp³-hybridized carbons (Fsp3) is 0.364. The van der Waals surface area contributed by atoms with Crippen LogP contribution >= 0.6 is 11.6 Å². The summed E-state index contributed by atoms with van der Waals surface area (Å²) in [5.74, 6) is -0.847. The van der Waals surface area contributed by atoms with E-state index in [2.05, 4.69) is 5.32 Å². The second-order valence-electron chi connectivity index (χ2n) is 3.84. The summed E-state index contributed by atoms with van der Waals surface area (Å²) in [6, 6.07) is 3.12. The highest BCUT2D eigenvalue weighted by atomic mass is 35.5. The number of halogens is 1. The molecule has 0 saturated heterocycles. The molecule has 4 N–H and O–H groups in total. The standard InChI is InChI=1S/C11H13ClN2O2/c12-9-2-1-6(4-13)8-5-14-10(11(15)16)3-7(8)9/h1-2,10,14H,3-5,13H2,(H,15,16). The lowest BCUT2D eigenvalue weighted by molar-refractivity contribution is -0.139. The van der Waals surface area contributed by atoms with E-state index in [1.807, 2.05) is 6.07 Å². The van der Waals surface area contributed by atoms with Gasteiger partial charge in [0, 0.05) is 24.5 Å². The van der Waals surface area contributed by atoms with Crippen molar-refractivity contribution in [1.82, 2.24) is 5.32 Å². The van der Waals surface area contributed by atoms with Crippen LogP contribution in [0.3, 0.4) is 0 Å². The minimum absolute atomic E-state index is 0.414. The van der Waals surface area contributed by atoms with Crippen molar-refractivity contribution >= 4 is 17.6 Å². The Hall–Kier alpha value is -1.10. The molecular weight excluding hydrogens is 228 g/mol. The normalized spacial score (nSPS) is 19.2. The molecule has 1 heterocycles. The molecule has 0 aromatic heterocycles. The van der Waals surface area contributed by atoms with Gasteiger partial charge in [0.15, 0.2) is 0 Å². The van der Waals surface area contributed by atoms with E-state index in [9.17, 15) is 4.79 Å². The summed E-state index contributed by atoms with van der Waals surface area (Å²) in [4.78, 5) is 10.9. The molecule has 4 nitrogen and oxygen atoms in total. The van der Waals surface area contributed by atoms with Gasteiger partial charge in [-0.2, -0.15) is 0 Å². The summed E-state index contributed by atoms with van der Waals surface area (Å²) in [5.41, 5.74) is 8.62. The van der Waals surface area contributed by atoms with Crippen molar-refractivity contribution in [3.05, 3.63) is 33.8 Å². The first-order valence-electron chi connectivity index (χ1n) is 5.09. The first kappa shape index (κ1) is 11.4. The van der Waals surface area contributed by atoms with Crippen LogP contribution in [-0.2, 0) is 24.3 Å². The molecule has 1 aromatic carbocycles. The third kappa shape index (κ3) is 1.91. The van der Waals surface area contributed by atoms with Gasteiger partial charge in [-0.1, -0.05) is 17.7 Å². The van der Waals surface area contributed by atoms with Crippen LogP contribution < -0.4 is 11.1 Å². The molecule has 16 heavy (non-hydrogen) atoms. The van der Waals surface area contributed by atoms with Gasteiger partial charge in [0.05, 0.1) is 0 Å². The number of benzene rings is 1. The fourth-order valence-electron chi connectivity index (χ4n) is 2.02. The van der Waals surface area contributed by atoms with Crippen LogP contribution in [0.4, 0.5) is 0 Å². The molecule has 0 saturated carbocycles. The predicted molar refractivity (Wildman–Crippen MR) is 61.3 cm³/mol. The largest absolute Gasteiger partial charge is 0.480 e. The third-order valence-electron chi connectivity index (χ3n) is 2.92. The minimum atomic E-state index is -0.847. The van der Waals surface area contributed by atoms with Gasteiger partial charge in [-0.15, -0.1) is 0 Å². The number of hydrogen-bond donors (Lipinski definition) is 3. The Morgan fingerprint density at radius 3 is 2.94 bits per heavy atom. The topological polar surface area (TPSA) is 75.3 Å². The summed E-state index contributed by atoms with van der Waals surface area (Å²) < 4.78 is 0. The number of rotatable bonds is 2. The van der Waals surface area contributed by atoms with Crippen LogP contribution in [0.25, 0.3) is 0 Å². The third-order valence-corrected chi connectivity index (χ3v) is 3.28. The van der Waals surface area contributed by atoms with E-state index in [4.69, 9.17) is 22.4 Å². The monoisotopic (exact) mass is 240 g/mol.